The summed E-state index contributed by atoms with van der Waals surface area (Å²) in [6, 6.07) is 1.43. The van der Waals surface area contributed by atoms with Crippen LogP contribution in [0.1, 0.15) is 64.7 Å². The Kier molecular flexibility index (Phi) is 3.38. The molecule has 0 heterocycles. The fourth-order valence-corrected chi connectivity index (χ4v) is 6.74. The first kappa shape index (κ1) is 13.6. The van der Waals surface area contributed by atoms with Crippen LogP contribution in [-0.4, -0.2) is 18.6 Å². The third kappa shape index (κ3) is 2.14. The Balaban J connectivity index is 1.46. The zero-order chi connectivity index (χ0) is 13.7. The molecule has 5 rings (SSSR count). The van der Waals surface area contributed by atoms with Crippen molar-refractivity contribution in [1.82, 2.24) is 5.32 Å². The van der Waals surface area contributed by atoms with Crippen molar-refractivity contribution in [3.05, 3.63) is 0 Å². The molecular formula is C18H32N2. The van der Waals surface area contributed by atoms with Crippen molar-refractivity contribution in [2.45, 2.75) is 76.8 Å². The highest BCUT2D eigenvalue weighted by Crippen LogP contribution is 2.61. The molecule has 3 atom stereocenters. The van der Waals surface area contributed by atoms with Gasteiger partial charge in [-0.15, -0.1) is 0 Å². The van der Waals surface area contributed by atoms with Gasteiger partial charge in [0, 0.05) is 12.1 Å². The largest absolute Gasteiger partial charge is 0.330 e. The summed E-state index contributed by atoms with van der Waals surface area (Å²) in [5, 5.41) is 4.06. The average molecular weight is 276 g/mol. The SMILES string of the molecule is CC(NC1CCCC1CN)C12CC3CC(CC(C3)C1)C2. The minimum atomic E-state index is 0.649. The molecule has 3 unspecified atom stereocenters. The Morgan fingerprint density at radius 2 is 1.65 bits per heavy atom. The molecule has 3 N–H and O–H groups in total. The van der Waals surface area contributed by atoms with E-state index >= 15 is 0 Å². The Morgan fingerprint density at radius 3 is 2.20 bits per heavy atom. The van der Waals surface area contributed by atoms with Crippen LogP contribution < -0.4 is 11.1 Å². The van der Waals surface area contributed by atoms with Gasteiger partial charge in [-0.2, -0.15) is 0 Å². The van der Waals surface area contributed by atoms with Crippen LogP contribution in [-0.2, 0) is 0 Å². The maximum absolute atomic E-state index is 5.97. The van der Waals surface area contributed by atoms with Gasteiger partial charge in [0.25, 0.3) is 0 Å². The van der Waals surface area contributed by atoms with Gasteiger partial charge in [-0.25, -0.2) is 0 Å². The average Bonchev–Trinajstić information content (AvgIpc) is 2.84. The maximum Gasteiger partial charge on any atom is 0.0110 e. The zero-order valence-electron chi connectivity index (χ0n) is 13.1. The van der Waals surface area contributed by atoms with Crippen LogP contribution in [0.5, 0.6) is 0 Å². The molecule has 2 nitrogen and oxygen atoms in total. The van der Waals surface area contributed by atoms with E-state index in [1.165, 1.54) is 38.5 Å². The lowest BCUT2D eigenvalue weighted by molar-refractivity contribution is -0.0727. The number of nitrogens with one attached hydrogen (secondary N) is 1. The summed E-state index contributed by atoms with van der Waals surface area (Å²) in [5.41, 5.74) is 6.62. The molecular weight excluding hydrogens is 244 g/mol. The Labute approximate surface area is 124 Å². The Hall–Kier alpha value is -0.0800. The Morgan fingerprint density at radius 1 is 1.05 bits per heavy atom. The van der Waals surface area contributed by atoms with Gasteiger partial charge in [0.15, 0.2) is 0 Å². The quantitative estimate of drug-likeness (QED) is 0.827. The Bertz CT molecular complexity index is 329. The van der Waals surface area contributed by atoms with Gasteiger partial charge in [-0.1, -0.05) is 6.42 Å². The van der Waals surface area contributed by atoms with Crippen LogP contribution in [0.15, 0.2) is 0 Å². The third-order valence-electron chi connectivity index (χ3n) is 7.43. The van der Waals surface area contributed by atoms with Gasteiger partial charge in [-0.05, 0) is 93.9 Å². The van der Waals surface area contributed by atoms with E-state index in [1.807, 2.05) is 0 Å². The smallest absolute Gasteiger partial charge is 0.0110 e. The van der Waals surface area contributed by atoms with Gasteiger partial charge < -0.3 is 11.1 Å². The van der Waals surface area contributed by atoms with Crippen LogP contribution in [0.2, 0.25) is 0 Å². The van der Waals surface area contributed by atoms with E-state index in [0.717, 1.165) is 30.2 Å². The molecule has 0 aromatic heterocycles. The lowest BCUT2D eigenvalue weighted by Crippen LogP contribution is -2.57. The van der Waals surface area contributed by atoms with Crippen molar-refractivity contribution < 1.29 is 0 Å². The molecule has 0 aromatic rings. The van der Waals surface area contributed by atoms with Gasteiger partial charge in [0.1, 0.15) is 0 Å². The van der Waals surface area contributed by atoms with Gasteiger partial charge in [-0.3, -0.25) is 0 Å². The van der Waals surface area contributed by atoms with Crippen molar-refractivity contribution in [2.24, 2.45) is 34.8 Å². The molecule has 0 spiro atoms. The second-order valence-corrected chi connectivity index (χ2v) is 8.70. The molecule has 5 aliphatic rings. The van der Waals surface area contributed by atoms with E-state index in [2.05, 4.69) is 12.2 Å². The fraction of sp³-hybridized carbons (Fsp3) is 1.00. The first-order chi connectivity index (χ1) is 9.68. The molecule has 114 valence electrons. The number of rotatable bonds is 4. The molecule has 0 amide bonds. The normalized spacial score (nSPS) is 51.6. The number of hydrogen-bond donors (Lipinski definition) is 2. The highest BCUT2D eigenvalue weighted by Gasteiger charge is 2.53. The van der Waals surface area contributed by atoms with Gasteiger partial charge in [0.05, 0.1) is 0 Å². The molecule has 5 aliphatic carbocycles. The van der Waals surface area contributed by atoms with E-state index in [9.17, 15) is 0 Å². The van der Waals surface area contributed by atoms with Crippen LogP contribution in [0.3, 0.4) is 0 Å². The maximum atomic E-state index is 5.97. The second-order valence-electron chi connectivity index (χ2n) is 8.70. The molecule has 5 fully saturated rings. The first-order valence-corrected chi connectivity index (χ1v) is 9.14. The van der Waals surface area contributed by atoms with E-state index in [-0.39, 0.29) is 0 Å². The standard InChI is InChI=1S/C18H32N2/c1-12(20-17-4-2-3-16(17)11-19)18-8-13-5-14(9-18)7-15(6-13)10-18/h12-17,20H,2-11,19H2,1H3. The molecule has 2 heteroatoms. The molecule has 0 saturated heterocycles. The second kappa shape index (κ2) is 4.98. The van der Waals surface area contributed by atoms with E-state index in [1.54, 1.807) is 19.3 Å². The van der Waals surface area contributed by atoms with Gasteiger partial charge in [0.2, 0.25) is 0 Å². The number of hydrogen-bond acceptors (Lipinski definition) is 2. The molecule has 0 radical (unpaired) electrons. The fourth-order valence-electron chi connectivity index (χ4n) is 6.74. The van der Waals surface area contributed by atoms with E-state index < -0.39 is 0 Å². The third-order valence-corrected chi connectivity index (χ3v) is 7.43. The van der Waals surface area contributed by atoms with E-state index in [0.29, 0.717) is 17.5 Å². The summed E-state index contributed by atoms with van der Waals surface area (Å²) in [6.45, 7) is 3.38. The summed E-state index contributed by atoms with van der Waals surface area (Å²) in [4.78, 5) is 0. The zero-order valence-corrected chi connectivity index (χ0v) is 13.1. The lowest BCUT2D eigenvalue weighted by Gasteiger charge is -2.59. The highest BCUT2D eigenvalue weighted by atomic mass is 15.0. The molecule has 0 aliphatic heterocycles. The minimum Gasteiger partial charge on any atom is -0.330 e. The number of nitrogens with two attached hydrogens (primary N) is 1. The molecule has 20 heavy (non-hydrogen) atoms. The lowest BCUT2D eigenvalue weighted by atomic mass is 9.48. The summed E-state index contributed by atoms with van der Waals surface area (Å²) >= 11 is 0. The molecule has 5 saturated carbocycles. The summed E-state index contributed by atoms with van der Waals surface area (Å²) in [7, 11) is 0. The summed E-state index contributed by atoms with van der Waals surface area (Å²) in [6.07, 6.45) is 13.3. The van der Waals surface area contributed by atoms with Crippen molar-refractivity contribution in [1.29, 1.82) is 0 Å². The first-order valence-electron chi connectivity index (χ1n) is 9.14. The van der Waals surface area contributed by atoms with Crippen molar-refractivity contribution in [2.75, 3.05) is 6.54 Å². The van der Waals surface area contributed by atoms with Crippen molar-refractivity contribution in [3.63, 3.8) is 0 Å². The monoisotopic (exact) mass is 276 g/mol. The van der Waals surface area contributed by atoms with Crippen molar-refractivity contribution in [3.8, 4) is 0 Å². The molecule has 0 aromatic carbocycles. The van der Waals surface area contributed by atoms with Crippen LogP contribution in [0, 0.1) is 29.1 Å². The summed E-state index contributed by atoms with van der Waals surface area (Å²) < 4.78 is 0. The van der Waals surface area contributed by atoms with Gasteiger partial charge >= 0.3 is 0 Å². The summed E-state index contributed by atoms with van der Waals surface area (Å²) in [5.74, 6) is 3.95. The highest BCUT2D eigenvalue weighted by molar-refractivity contribution is 5.06. The van der Waals surface area contributed by atoms with Crippen LogP contribution >= 0.6 is 0 Å². The van der Waals surface area contributed by atoms with Crippen molar-refractivity contribution >= 4 is 0 Å². The minimum absolute atomic E-state index is 0.649. The predicted octanol–water partition coefficient (Wildman–Crippen LogP) is 3.31. The van der Waals surface area contributed by atoms with Crippen LogP contribution in [0.25, 0.3) is 0 Å². The van der Waals surface area contributed by atoms with E-state index in [4.69, 9.17) is 5.73 Å². The molecule has 4 bridgehead atoms. The van der Waals surface area contributed by atoms with Crippen LogP contribution in [0.4, 0.5) is 0 Å². The topological polar surface area (TPSA) is 38.0 Å². The predicted molar refractivity (Wildman–Crippen MR) is 83.4 cm³/mol.